The zero-order valence-electron chi connectivity index (χ0n) is 12.1. The summed E-state index contributed by atoms with van der Waals surface area (Å²) in [7, 11) is 1.58. The Kier molecular flexibility index (Phi) is 5.67. The first kappa shape index (κ1) is 15.9. The zero-order valence-corrected chi connectivity index (χ0v) is 12.1. The summed E-state index contributed by atoms with van der Waals surface area (Å²) in [6, 6.07) is 5.59. The Labute approximate surface area is 123 Å². The Hall–Kier alpha value is -1.50. The minimum atomic E-state index is -0.558. The molecule has 0 aromatic heterocycles. The molecule has 0 aliphatic carbocycles. The molecule has 0 spiro atoms. The quantitative estimate of drug-likeness (QED) is 0.883. The average Bonchev–Trinajstić information content (AvgIpc) is 2.52. The van der Waals surface area contributed by atoms with Gasteiger partial charge in [-0.15, -0.1) is 0 Å². The van der Waals surface area contributed by atoms with E-state index in [0.29, 0.717) is 32.7 Å². The van der Waals surface area contributed by atoms with Crippen molar-refractivity contribution in [1.29, 1.82) is 0 Å². The number of amides is 1. The summed E-state index contributed by atoms with van der Waals surface area (Å²) in [5, 5.41) is 0. The van der Waals surface area contributed by atoms with E-state index >= 15 is 0 Å². The van der Waals surface area contributed by atoms with Gasteiger partial charge in [-0.2, -0.15) is 0 Å². The number of ether oxygens (including phenoxy) is 2. The summed E-state index contributed by atoms with van der Waals surface area (Å²) in [5.41, 5.74) is 6.74. The number of nitrogens with two attached hydrogens (primary N) is 1. The average molecular weight is 296 g/mol. The largest absolute Gasteiger partial charge is 0.385 e. The monoisotopic (exact) mass is 296 g/mol. The fourth-order valence-electron chi connectivity index (χ4n) is 2.33. The van der Waals surface area contributed by atoms with Crippen molar-refractivity contribution in [3.63, 3.8) is 0 Å². The third-order valence-electron chi connectivity index (χ3n) is 3.57. The molecule has 1 amide bonds. The van der Waals surface area contributed by atoms with Crippen LogP contribution in [-0.4, -0.2) is 50.3 Å². The lowest BCUT2D eigenvalue weighted by atomic mass is 10.1. The second kappa shape index (κ2) is 7.49. The number of hydrogen-bond donors (Lipinski definition) is 1. The van der Waals surface area contributed by atoms with Crippen molar-refractivity contribution in [3.05, 3.63) is 35.6 Å². The molecule has 0 bridgehead atoms. The van der Waals surface area contributed by atoms with E-state index in [1.807, 2.05) is 0 Å². The highest BCUT2D eigenvalue weighted by Gasteiger charge is 2.28. The molecule has 1 aliphatic heterocycles. The van der Waals surface area contributed by atoms with E-state index < -0.39 is 6.04 Å². The normalized spacial score (nSPS) is 20.3. The van der Waals surface area contributed by atoms with E-state index in [0.717, 1.165) is 5.56 Å². The first-order valence-corrected chi connectivity index (χ1v) is 7.02. The number of rotatable bonds is 5. The number of hydrogen-bond acceptors (Lipinski definition) is 4. The van der Waals surface area contributed by atoms with Crippen LogP contribution in [0.3, 0.4) is 0 Å². The Morgan fingerprint density at radius 2 is 2.24 bits per heavy atom. The third-order valence-corrected chi connectivity index (χ3v) is 3.57. The molecule has 2 N–H and O–H groups in total. The topological polar surface area (TPSA) is 64.8 Å². The maximum absolute atomic E-state index is 12.9. The number of carbonyl (C=O) groups is 1. The predicted molar refractivity (Wildman–Crippen MR) is 76.1 cm³/mol. The van der Waals surface area contributed by atoms with Gasteiger partial charge in [0.2, 0.25) is 5.91 Å². The minimum absolute atomic E-state index is 0.0949. The van der Waals surface area contributed by atoms with Crippen molar-refractivity contribution in [2.75, 3.05) is 33.4 Å². The number of nitrogens with zero attached hydrogens (tertiary/aromatic N) is 1. The van der Waals surface area contributed by atoms with Gasteiger partial charge in [0, 0.05) is 20.3 Å². The van der Waals surface area contributed by atoms with Crippen molar-refractivity contribution >= 4 is 5.91 Å². The lowest BCUT2D eigenvalue weighted by Gasteiger charge is -2.34. The molecule has 5 nitrogen and oxygen atoms in total. The van der Waals surface area contributed by atoms with E-state index in [-0.39, 0.29) is 17.8 Å². The Morgan fingerprint density at radius 3 is 2.90 bits per heavy atom. The first-order valence-electron chi connectivity index (χ1n) is 7.02. The van der Waals surface area contributed by atoms with E-state index in [9.17, 15) is 9.18 Å². The van der Waals surface area contributed by atoms with Crippen LogP contribution < -0.4 is 5.73 Å². The molecule has 1 heterocycles. The number of carbonyl (C=O) groups excluding carboxylic acids is 1. The highest BCUT2D eigenvalue weighted by molar-refractivity contribution is 5.81. The molecule has 1 aliphatic rings. The summed E-state index contributed by atoms with van der Waals surface area (Å²) in [5.74, 6) is -0.383. The summed E-state index contributed by atoms with van der Waals surface area (Å²) < 4.78 is 23.6. The molecular weight excluding hydrogens is 275 g/mol. The van der Waals surface area contributed by atoms with Gasteiger partial charge in [0.1, 0.15) is 11.9 Å². The van der Waals surface area contributed by atoms with Gasteiger partial charge in [0.15, 0.2) is 0 Å². The predicted octanol–water partition coefficient (Wildman–Crippen LogP) is 1.09. The van der Waals surface area contributed by atoms with Gasteiger partial charge in [-0.3, -0.25) is 4.79 Å². The first-order chi connectivity index (χ1) is 10.1. The van der Waals surface area contributed by atoms with E-state index in [1.165, 1.54) is 12.1 Å². The number of methoxy groups -OCH3 is 1. The van der Waals surface area contributed by atoms with Crippen molar-refractivity contribution in [1.82, 2.24) is 4.90 Å². The number of morpholine rings is 1. The Bertz CT molecular complexity index is 466. The molecule has 2 atom stereocenters. The molecule has 21 heavy (non-hydrogen) atoms. The molecule has 1 aromatic rings. The summed E-state index contributed by atoms with van der Waals surface area (Å²) in [4.78, 5) is 14.0. The SMILES string of the molecule is COCCC(N)C(=O)N1CCOC(c2ccc(F)cc2)C1. The highest BCUT2D eigenvalue weighted by Crippen LogP contribution is 2.22. The number of benzene rings is 1. The van der Waals surface area contributed by atoms with Crippen LogP contribution in [0.25, 0.3) is 0 Å². The molecule has 1 aromatic carbocycles. The van der Waals surface area contributed by atoms with Crippen LogP contribution in [0.5, 0.6) is 0 Å². The molecular formula is C15H21FN2O3. The van der Waals surface area contributed by atoms with Crippen LogP contribution >= 0.6 is 0 Å². The lowest BCUT2D eigenvalue weighted by Crippen LogP contribution is -2.49. The van der Waals surface area contributed by atoms with Gasteiger partial charge in [-0.25, -0.2) is 4.39 Å². The summed E-state index contributed by atoms with van der Waals surface area (Å²) in [6.45, 7) is 1.87. The van der Waals surface area contributed by atoms with Crippen molar-refractivity contribution < 1.29 is 18.7 Å². The fourth-order valence-corrected chi connectivity index (χ4v) is 2.33. The molecule has 6 heteroatoms. The molecule has 2 unspecified atom stereocenters. The van der Waals surface area contributed by atoms with Crippen LogP contribution in [0.1, 0.15) is 18.1 Å². The highest BCUT2D eigenvalue weighted by atomic mass is 19.1. The van der Waals surface area contributed by atoms with Crippen LogP contribution in [-0.2, 0) is 14.3 Å². The molecule has 2 rings (SSSR count). The van der Waals surface area contributed by atoms with E-state index in [2.05, 4.69) is 0 Å². The molecule has 1 fully saturated rings. The second-order valence-corrected chi connectivity index (χ2v) is 5.08. The zero-order chi connectivity index (χ0) is 15.2. The third kappa shape index (κ3) is 4.23. The van der Waals surface area contributed by atoms with Crippen molar-refractivity contribution in [2.45, 2.75) is 18.6 Å². The molecule has 0 saturated carbocycles. The number of halogens is 1. The van der Waals surface area contributed by atoms with Crippen LogP contribution in [0.15, 0.2) is 24.3 Å². The van der Waals surface area contributed by atoms with Gasteiger partial charge >= 0.3 is 0 Å². The molecule has 1 saturated heterocycles. The van der Waals surface area contributed by atoms with Gasteiger partial charge in [0.05, 0.1) is 19.2 Å². The van der Waals surface area contributed by atoms with Gasteiger partial charge in [-0.05, 0) is 24.1 Å². The molecule has 0 radical (unpaired) electrons. The standard InChI is InChI=1S/C15H21FN2O3/c1-20-8-6-13(17)15(19)18-7-9-21-14(10-18)11-2-4-12(16)5-3-11/h2-5,13-14H,6-10,17H2,1H3. The van der Waals surface area contributed by atoms with Crippen LogP contribution in [0.4, 0.5) is 4.39 Å². The Balaban J connectivity index is 1.97. The summed E-state index contributed by atoms with van der Waals surface area (Å²) >= 11 is 0. The minimum Gasteiger partial charge on any atom is -0.385 e. The fraction of sp³-hybridized carbons (Fsp3) is 0.533. The lowest BCUT2D eigenvalue weighted by molar-refractivity contribution is -0.140. The van der Waals surface area contributed by atoms with Crippen LogP contribution in [0.2, 0.25) is 0 Å². The Morgan fingerprint density at radius 1 is 1.52 bits per heavy atom. The van der Waals surface area contributed by atoms with Gasteiger partial charge in [0.25, 0.3) is 0 Å². The van der Waals surface area contributed by atoms with Crippen molar-refractivity contribution in [3.8, 4) is 0 Å². The molecule has 116 valence electrons. The van der Waals surface area contributed by atoms with Crippen LogP contribution in [0, 0.1) is 5.82 Å². The smallest absolute Gasteiger partial charge is 0.239 e. The summed E-state index contributed by atoms with van der Waals surface area (Å²) in [6.07, 6.45) is 0.256. The van der Waals surface area contributed by atoms with Crippen molar-refractivity contribution in [2.24, 2.45) is 5.73 Å². The van der Waals surface area contributed by atoms with E-state index in [1.54, 1.807) is 24.1 Å². The van der Waals surface area contributed by atoms with Gasteiger partial charge < -0.3 is 20.1 Å². The maximum Gasteiger partial charge on any atom is 0.239 e. The second-order valence-electron chi connectivity index (χ2n) is 5.08. The van der Waals surface area contributed by atoms with E-state index in [4.69, 9.17) is 15.2 Å². The maximum atomic E-state index is 12.9. The van der Waals surface area contributed by atoms with Gasteiger partial charge in [-0.1, -0.05) is 12.1 Å².